The Bertz CT molecular complexity index is 1360. The van der Waals surface area contributed by atoms with E-state index in [-0.39, 0.29) is 49.0 Å². The summed E-state index contributed by atoms with van der Waals surface area (Å²) in [5.41, 5.74) is 3.52. The second-order valence-electron chi connectivity index (χ2n) is 13.7. The topological polar surface area (TPSA) is 98.8 Å². The SMILES string of the molecule is COCOc1ccc2c(c1)CC[C@@H]1[C@@H]2[C@H](OC(=O)c2ccc(NC(=O)CN3CCN(C)CC3)cc2)C[C@]2(C)[C@@H](OCOC)CC[C@@H]12. The predicted octanol–water partition coefficient (Wildman–Crippen LogP) is 4.54. The Labute approximate surface area is 272 Å². The van der Waals surface area contributed by atoms with E-state index < -0.39 is 0 Å². The van der Waals surface area contributed by atoms with E-state index >= 15 is 0 Å². The number of piperazine rings is 1. The highest BCUT2D eigenvalue weighted by molar-refractivity contribution is 5.94. The molecule has 0 spiro atoms. The van der Waals surface area contributed by atoms with Crippen LogP contribution in [0.2, 0.25) is 0 Å². The largest absolute Gasteiger partial charge is 0.468 e. The Hall–Kier alpha value is -3.02. The number of hydrogen-bond donors (Lipinski definition) is 1. The molecule has 6 atom stereocenters. The van der Waals surface area contributed by atoms with E-state index in [4.69, 9.17) is 23.7 Å². The van der Waals surface area contributed by atoms with Crippen LogP contribution in [-0.4, -0.2) is 101 Å². The first kappa shape index (κ1) is 32.9. The Morgan fingerprint density at radius 2 is 1.72 bits per heavy atom. The number of anilines is 1. The minimum absolute atomic E-state index is 0.0514. The molecule has 0 aromatic heterocycles. The summed E-state index contributed by atoms with van der Waals surface area (Å²) in [4.78, 5) is 30.8. The van der Waals surface area contributed by atoms with Crippen molar-refractivity contribution in [1.82, 2.24) is 9.80 Å². The molecule has 250 valence electrons. The molecule has 3 fully saturated rings. The molecule has 2 aromatic rings. The first-order chi connectivity index (χ1) is 22.3. The number of esters is 1. The number of methoxy groups -OCH3 is 2. The fourth-order valence-electron chi connectivity index (χ4n) is 8.62. The highest BCUT2D eigenvalue weighted by atomic mass is 16.7. The molecule has 2 aromatic carbocycles. The van der Waals surface area contributed by atoms with Crippen molar-refractivity contribution in [2.45, 2.75) is 57.2 Å². The van der Waals surface area contributed by atoms with Gasteiger partial charge in [0.1, 0.15) is 18.6 Å². The normalized spacial score (nSPS) is 29.3. The average Bonchev–Trinajstić information content (AvgIpc) is 3.39. The summed E-state index contributed by atoms with van der Waals surface area (Å²) < 4.78 is 28.9. The highest BCUT2D eigenvalue weighted by Gasteiger charge is 2.59. The van der Waals surface area contributed by atoms with Crippen molar-refractivity contribution in [3.05, 3.63) is 59.2 Å². The van der Waals surface area contributed by atoms with Crippen molar-refractivity contribution in [3.8, 4) is 5.75 Å². The van der Waals surface area contributed by atoms with E-state index in [0.717, 1.165) is 64.0 Å². The molecule has 6 rings (SSSR count). The number of rotatable bonds is 11. The number of benzene rings is 2. The van der Waals surface area contributed by atoms with Gasteiger partial charge in [0.25, 0.3) is 0 Å². The van der Waals surface area contributed by atoms with Gasteiger partial charge in [-0.25, -0.2) is 4.79 Å². The molecule has 0 bridgehead atoms. The Kier molecular flexibility index (Phi) is 10.3. The van der Waals surface area contributed by atoms with Gasteiger partial charge in [-0.2, -0.15) is 0 Å². The zero-order valence-electron chi connectivity index (χ0n) is 27.7. The van der Waals surface area contributed by atoms with Crippen LogP contribution in [0.25, 0.3) is 0 Å². The summed E-state index contributed by atoms with van der Waals surface area (Å²) in [6, 6.07) is 13.3. The monoisotopic (exact) mass is 635 g/mol. The van der Waals surface area contributed by atoms with Gasteiger partial charge < -0.3 is 33.9 Å². The Morgan fingerprint density at radius 1 is 0.957 bits per heavy atom. The number of amides is 1. The molecule has 3 aliphatic carbocycles. The van der Waals surface area contributed by atoms with E-state index in [1.54, 1.807) is 38.5 Å². The molecule has 46 heavy (non-hydrogen) atoms. The molecule has 10 nitrogen and oxygen atoms in total. The molecular formula is C36H49N3O7. The number of likely N-dealkylation sites (N-methyl/N-ethyl adjacent to an activating group) is 1. The first-order valence-corrected chi connectivity index (χ1v) is 16.7. The van der Waals surface area contributed by atoms with Crippen LogP contribution in [-0.2, 0) is 30.2 Å². The van der Waals surface area contributed by atoms with Crippen LogP contribution >= 0.6 is 0 Å². The van der Waals surface area contributed by atoms with Gasteiger partial charge in [-0.1, -0.05) is 13.0 Å². The molecule has 2 saturated carbocycles. The van der Waals surface area contributed by atoms with Crippen LogP contribution in [0, 0.1) is 17.3 Å². The molecule has 0 radical (unpaired) electrons. The van der Waals surface area contributed by atoms with Gasteiger partial charge in [0.05, 0.1) is 18.2 Å². The van der Waals surface area contributed by atoms with Crippen LogP contribution in [0.5, 0.6) is 5.75 Å². The fourth-order valence-corrected chi connectivity index (χ4v) is 8.62. The summed E-state index contributed by atoms with van der Waals surface area (Å²) in [5, 5.41) is 2.98. The molecule has 0 unspecified atom stereocenters. The number of carbonyl (C=O) groups is 2. The summed E-state index contributed by atoms with van der Waals surface area (Å²) in [5.74, 6) is 1.34. The zero-order valence-corrected chi connectivity index (χ0v) is 27.7. The third-order valence-electron chi connectivity index (χ3n) is 10.9. The summed E-state index contributed by atoms with van der Waals surface area (Å²) in [6.45, 7) is 6.82. The molecule has 1 aliphatic heterocycles. The van der Waals surface area contributed by atoms with Crippen LogP contribution in [0.15, 0.2) is 42.5 Å². The van der Waals surface area contributed by atoms with Crippen molar-refractivity contribution >= 4 is 17.6 Å². The molecule has 1 N–H and O–H groups in total. The van der Waals surface area contributed by atoms with Gasteiger partial charge >= 0.3 is 5.97 Å². The number of hydrogen-bond acceptors (Lipinski definition) is 9. The smallest absolute Gasteiger partial charge is 0.338 e. The number of nitrogens with zero attached hydrogens (tertiary/aromatic N) is 2. The van der Waals surface area contributed by atoms with Crippen LogP contribution in [0.4, 0.5) is 5.69 Å². The van der Waals surface area contributed by atoms with E-state index in [1.807, 2.05) is 6.07 Å². The van der Waals surface area contributed by atoms with E-state index in [0.29, 0.717) is 29.6 Å². The van der Waals surface area contributed by atoms with E-state index in [1.165, 1.54) is 11.1 Å². The van der Waals surface area contributed by atoms with Gasteiger partial charge in [-0.15, -0.1) is 0 Å². The van der Waals surface area contributed by atoms with Crippen molar-refractivity contribution in [3.63, 3.8) is 0 Å². The maximum absolute atomic E-state index is 13.7. The van der Waals surface area contributed by atoms with Crippen molar-refractivity contribution in [1.29, 1.82) is 0 Å². The van der Waals surface area contributed by atoms with Crippen molar-refractivity contribution in [2.24, 2.45) is 17.3 Å². The Balaban J connectivity index is 1.18. The molecule has 1 heterocycles. The Morgan fingerprint density at radius 3 is 2.46 bits per heavy atom. The zero-order chi connectivity index (χ0) is 32.3. The van der Waals surface area contributed by atoms with Crippen LogP contribution < -0.4 is 10.1 Å². The van der Waals surface area contributed by atoms with Crippen molar-refractivity contribution in [2.75, 3.05) is 72.9 Å². The molecule has 4 aliphatic rings. The lowest BCUT2D eigenvalue weighted by atomic mass is 9.54. The number of carbonyl (C=O) groups excluding carboxylic acids is 2. The second-order valence-corrected chi connectivity index (χ2v) is 13.7. The number of nitrogens with one attached hydrogen (secondary N) is 1. The third kappa shape index (κ3) is 6.96. The summed E-state index contributed by atoms with van der Waals surface area (Å²) >= 11 is 0. The quantitative estimate of drug-likeness (QED) is 0.282. The standard InChI is InChI=1S/C36H49N3O7/c1-36-20-31(46-35(41)24-5-8-26(9-6-24)37-33(40)21-39-17-15-38(2)16-18-39)34-28-12-10-27(44-22-42-3)19-25(28)7-11-29(34)30(36)13-14-32(36)45-23-43-4/h5-6,8-10,12,19,29-32,34H,7,11,13-18,20-23H2,1-4H3,(H,37,40)/t29-,30-,31+,32-,34+,36-/m0/s1. The number of aryl methyl sites for hydroxylation is 1. The minimum Gasteiger partial charge on any atom is -0.468 e. The average molecular weight is 636 g/mol. The fraction of sp³-hybridized carbons (Fsp3) is 0.611. The first-order valence-electron chi connectivity index (χ1n) is 16.7. The van der Waals surface area contributed by atoms with Crippen molar-refractivity contribution < 1.29 is 33.3 Å². The lowest BCUT2D eigenvalue weighted by molar-refractivity contribution is -0.143. The molecular weight excluding hydrogens is 586 g/mol. The van der Waals surface area contributed by atoms with E-state index in [2.05, 4.69) is 41.2 Å². The van der Waals surface area contributed by atoms with Crippen LogP contribution in [0.1, 0.15) is 60.0 Å². The summed E-state index contributed by atoms with van der Waals surface area (Å²) in [6.07, 6.45) is 4.53. The molecule has 1 saturated heterocycles. The van der Waals surface area contributed by atoms with Gasteiger partial charge in [0.2, 0.25) is 5.91 Å². The maximum atomic E-state index is 13.7. The lowest BCUT2D eigenvalue weighted by Gasteiger charge is -2.53. The third-order valence-corrected chi connectivity index (χ3v) is 10.9. The predicted molar refractivity (Wildman–Crippen MR) is 174 cm³/mol. The lowest BCUT2D eigenvalue weighted by Crippen LogP contribution is -2.51. The van der Waals surface area contributed by atoms with Gasteiger partial charge in [0, 0.05) is 57.4 Å². The van der Waals surface area contributed by atoms with Gasteiger partial charge in [-0.3, -0.25) is 9.69 Å². The van der Waals surface area contributed by atoms with Gasteiger partial charge in [-0.05, 0) is 98.5 Å². The van der Waals surface area contributed by atoms with Gasteiger partial charge in [0.15, 0.2) is 6.79 Å². The molecule has 1 amide bonds. The van der Waals surface area contributed by atoms with Crippen LogP contribution in [0.3, 0.4) is 0 Å². The number of fused-ring (bicyclic) bond motifs is 5. The summed E-state index contributed by atoms with van der Waals surface area (Å²) in [7, 11) is 5.37. The molecule has 10 heteroatoms. The van der Waals surface area contributed by atoms with E-state index in [9.17, 15) is 9.59 Å². The minimum atomic E-state index is -0.347. The maximum Gasteiger partial charge on any atom is 0.338 e. The number of ether oxygens (including phenoxy) is 5. The highest BCUT2D eigenvalue weighted by Crippen LogP contribution is 2.62. The second kappa shape index (κ2) is 14.4.